The van der Waals surface area contributed by atoms with Gasteiger partial charge in [0.05, 0.1) is 13.7 Å². The molecule has 0 bridgehead atoms. The fraction of sp³-hybridized carbons (Fsp3) is 0.435. The standard InChI is InChI=1S/C23H30N2O3/c1-27-22-15-20(11-12-21(22)28-18-19-9-5-4-6-10-19)16-24-23(26)17-25-13-7-2-3-8-14-25/h4-6,9-12,15H,2-3,7-8,13-14,16-18H2,1H3,(H,24,26). The van der Waals surface area contributed by atoms with E-state index in [9.17, 15) is 4.79 Å². The van der Waals surface area contributed by atoms with Crippen LogP contribution in [0.25, 0.3) is 0 Å². The number of carbonyl (C=O) groups is 1. The highest BCUT2D eigenvalue weighted by molar-refractivity contribution is 5.78. The zero-order valence-electron chi connectivity index (χ0n) is 16.7. The van der Waals surface area contributed by atoms with E-state index in [1.807, 2.05) is 48.5 Å². The third-order valence-corrected chi connectivity index (χ3v) is 5.02. The Labute approximate surface area is 167 Å². The van der Waals surface area contributed by atoms with Crippen molar-refractivity contribution < 1.29 is 14.3 Å². The minimum absolute atomic E-state index is 0.0743. The summed E-state index contributed by atoms with van der Waals surface area (Å²) >= 11 is 0. The van der Waals surface area contributed by atoms with Crippen LogP contribution in [0.5, 0.6) is 11.5 Å². The van der Waals surface area contributed by atoms with Gasteiger partial charge in [0.1, 0.15) is 6.61 Å². The van der Waals surface area contributed by atoms with Crippen molar-refractivity contribution in [1.82, 2.24) is 10.2 Å². The second-order valence-electron chi connectivity index (χ2n) is 7.23. The van der Waals surface area contributed by atoms with Crippen LogP contribution in [0, 0.1) is 0 Å². The number of methoxy groups -OCH3 is 1. The molecule has 0 aliphatic carbocycles. The molecule has 5 nitrogen and oxygen atoms in total. The van der Waals surface area contributed by atoms with Crippen molar-refractivity contribution in [3.05, 3.63) is 59.7 Å². The fourth-order valence-corrected chi connectivity index (χ4v) is 3.43. The second-order valence-corrected chi connectivity index (χ2v) is 7.23. The number of nitrogens with zero attached hydrogens (tertiary/aromatic N) is 1. The smallest absolute Gasteiger partial charge is 0.234 e. The summed E-state index contributed by atoms with van der Waals surface area (Å²) in [5.74, 6) is 1.45. The van der Waals surface area contributed by atoms with Crippen LogP contribution >= 0.6 is 0 Å². The fourth-order valence-electron chi connectivity index (χ4n) is 3.43. The average molecular weight is 383 g/mol. The molecule has 1 aliphatic rings. The van der Waals surface area contributed by atoms with Gasteiger partial charge in [-0.25, -0.2) is 0 Å². The van der Waals surface area contributed by atoms with E-state index in [2.05, 4.69) is 10.2 Å². The van der Waals surface area contributed by atoms with Crippen LogP contribution in [0.15, 0.2) is 48.5 Å². The first-order valence-corrected chi connectivity index (χ1v) is 10.1. The number of nitrogens with one attached hydrogen (secondary N) is 1. The zero-order chi connectivity index (χ0) is 19.6. The Morgan fingerprint density at radius 1 is 0.964 bits per heavy atom. The summed E-state index contributed by atoms with van der Waals surface area (Å²) < 4.78 is 11.4. The molecular formula is C23H30N2O3. The average Bonchev–Trinajstić information content (AvgIpc) is 3.00. The van der Waals surface area contributed by atoms with Crippen molar-refractivity contribution in [3.63, 3.8) is 0 Å². The number of ether oxygens (including phenoxy) is 2. The van der Waals surface area contributed by atoms with Gasteiger partial charge in [-0.3, -0.25) is 9.69 Å². The molecule has 1 saturated heterocycles. The van der Waals surface area contributed by atoms with Gasteiger partial charge < -0.3 is 14.8 Å². The van der Waals surface area contributed by atoms with E-state index < -0.39 is 0 Å². The molecular weight excluding hydrogens is 352 g/mol. The van der Waals surface area contributed by atoms with Crippen molar-refractivity contribution >= 4 is 5.91 Å². The highest BCUT2D eigenvalue weighted by Crippen LogP contribution is 2.28. The first kappa shape index (κ1) is 20.2. The van der Waals surface area contributed by atoms with E-state index in [1.165, 1.54) is 25.7 Å². The van der Waals surface area contributed by atoms with E-state index in [4.69, 9.17) is 9.47 Å². The third kappa shape index (κ3) is 6.27. The van der Waals surface area contributed by atoms with Gasteiger partial charge in [-0.05, 0) is 49.2 Å². The Kier molecular flexibility index (Phi) is 7.73. The van der Waals surface area contributed by atoms with Crippen LogP contribution < -0.4 is 14.8 Å². The Bertz CT molecular complexity index is 741. The number of carbonyl (C=O) groups excluding carboxylic acids is 1. The first-order chi connectivity index (χ1) is 13.7. The van der Waals surface area contributed by atoms with Gasteiger partial charge in [0.15, 0.2) is 11.5 Å². The molecule has 1 N–H and O–H groups in total. The Hall–Kier alpha value is -2.53. The summed E-state index contributed by atoms with van der Waals surface area (Å²) in [6.45, 7) is 3.50. The molecule has 0 aromatic heterocycles. The van der Waals surface area contributed by atoms with Gasteiger partial charge in [0, 0.05) is 6.54 Å². The summed E-state index contributed by atoms with van der Waals surface area (Å²) in [6, 6.07) is 15.8. The summed E-state index contributed by atoms with van der Waals surface area (Å²) in [4.78, 5) is 14.5. The lowest BCUT2D eigenvalue weighted by atomic mass is 10.2. The van der Waals surface area contributed by atoms with Crippen LogP contribution in [0.2, 0.25) is 0 Å². The molecule has 3 rings (SSSR count). The minimum atomic E-state index is 0.0743. The van der Waals surface area contributed by atoms with Crippen molar-refractivity contribution in [2.75, 3.05) is 26.7 Å². The third-order valence-electron chi connectivity index (χ3n) is 5.02. The molecule has 5 heteroatoms. The molecule has 0 saturated carbocycles. The maximum Gasteiger partial charge on any atom is 0.234 e. The highest BCUT2D eigenvalue weighted by atomic mass is 16.5. The van der Waals surface area contributed by atoms with E-state index in [-0.39, 0.29) is 5.91 Å². The minimum Gasteiger partial charge on any atom is -0.493 e. The summed E-state index contributed by atoms with van der Waals surface area (Å²) in [5.41, 5.74) is 2.10. The molecule has 1 fully saturated rings. The number of amides is 1. The van der Waals surface area contributed by atoms with Crippen LogP contribution in [0.1, 0.15) is 36.8 Å². The van der Waals surface area contributed by atoms with E-state index in [0.717, 1.165) is 24.2 Å². The van der Waals surface area contributed by atoms with Gasteiger partial charge in [-0.1, -0.05) is 49.2 Å². The van der Waals surface area contributed by atoms with Gasteiger partial charge >= 0.3 is 0 Å². The molecule has 0 spiro atoms. The van der Waals surface area contributed by atoms with E-state index in [0.29, 0.717) is 31.2 Å². The van der Waals surface area contributed by atoms with Crippen LogP contribution in [-0.2, 0) is 17.9 Å². The first-order valence-electron chi connectivity index (χ1n) is 10.1. The van der Waals surface area contributed by atoms with Crippen LogP contribution in [0.3, 0.4) is 0 Å². The maximum atomic E-state index is 12.3. The lowest BCUT2D eigenvalue weighted by Gasteiger charge is -2.19. The normalized spacial score (nSPS) is 14.9. The molecule has 1 aliphatic heterocycles. The largest absolute Gasteiger partial charge is 0.493 e. The van der Waals surface area contributed by atoms with Gasteiger partial charge in [0.2, 0.25) is 5.91 Å². The molecule has 28 heavy (non-hydrogen) atoms. The monoisotopic (exact) mass is 382 g/mol. The molecule has 2 aromatic carbocycles. The van der Waals surface area contributed by atoms with Crippen molar-refractivity contribution in [3.8, 4) is 11.5 Å². The zero-order valence-corrected chi connectivity index (χ0v) is 16.7. The number of hydrogen-bond acceptors (Lipinski definition) is 4. The number of rotatable bonds is 8. The molecule has 0 atom stereocenters. The lowest BCUT2D eigenvalue weighted by molar-refractivity contribution is -0.122. The predicted molar refractivity (Wildman–Crippen MR) is 111 cm³/mol. The van der Waals surface area contributed by atoms with E-state index >= 15 is 0 Å². The Morgan fingerprint density at radius 3 is 2.43 bits per heavy atom. The molecule has 0 radical (unpaired) electrons. The second kappa shape index (κ2) is 10.7. The summed E-state index contributed by atoms with van der Waals surface area (Å²) in [6.07, 6.45) is 4.93. The van der Waals surface area contributed by atoms with Crippen LogP contribution in [0.4, 0.5) is 0 Å². The molecule has 1 heterocycles. The van der Waals surface area contributed by atoms with Crippen molar-refractivity contribution in [1.29, 1.82) is 0 Å². The Balaban J connectivity index is 1.50. The Morgan fingerprint density at radius 2 is 1.71 bits per heavy atom. The number of hydrogen-bond donors (Lipinski definition) is 1. The lowest BCUT2D eigenvalue weighted by Crippen LogP contribution is -2.37. The molecule has 1 amide bonds. The van der Waals surface area contributed by atoms with Gasteiger partial charge in [0.25, 0.3) is 0 Å². The summed E-state index contributed by atoms with van der Waals surface area (Å²) in [7, 11) is 1.63. The molecule has 2 aromatic rings. The topological polar surface area (TPSA) is 50.8 Å². The molecule has 0 unspecified atom stereocenters. The van der Waals surface area contributed by atoms with Gasteiger partial charge in [-0.15, -0.1) is 0 Å². The highest BCUT2D eigenvalue weighted by Gasteiger charge is 2.13. The van der Waals surface area contributed by atoms with E-state index in [1.54, 1.807) is 7.11 Å². The van der Waals surface area contributed by atoms with Gasteiger partial charge in [-0.2, -0.15) is 0 Å². The number of benzene rings is 2. The van der Waals surface area contributed by atoms with Crippen LogP contribution in [-0.4, -0.2) is 37.6 Å². The predicted octanol–water partition coefficient (Wildman–Crippen LogP) is 3.77. The molecule has 150 valence electrons. The maximum absolute atomic E-state index is 12.3. The number of likely N-dealkylation sites (tertiary alicyclic amines) is 1. The van der Waals surface area contributed by atoms with Crippen molar-refractivity contribution in [2.24, 2.45) is 0 Å². The van der Waals surface area contributed by atoms with Crippen molar-refractivity contribution in [2.45, 2.75) is 38.8 Å². The summed E-state index contributed by atoms with van der Waals surface area (Å²) in [5, 5.41) is 3.02. The quantitative estimate of drug-likeness (QED) is 0.755. The SMILES string of the molecule is COc1cc(CNC(=O)CN2CCCCCC2)ccc1OCc1ccccc1.